The zero-order valence-corrected chi connectivity index (χ0v) is 11.7. The molecule has 0 aromatic heterocycles. The average Bonchev–Trinajstić information content (AvgIpc) is 2.46. The number of aryl methyl sites for hydroxylation is 3. The molecule has 0 aliphatic rings. The van der Waals surface area contributed by atoms with E-state index in [1.807, 2.05) is 0 Å². The van der Waals surface area contributed by atoms with Crippen molar-refractivity contribution in [3.05, 3.63) is 59.2 Å². The summed E-state index contributed by atoms with van der Waals surface area (Å²) in [7, 11) is 0. The van der Waals surface area contributed by atoms with Crippen LogP contribution in [0.2, 0.25) is 0 Å². The van der Waals surface area contributed by atoms with Gasteiger partial charge < -0.3 is 0 Å². The second-order valence-electron chi connectivity index (χ2n) is 4.75. The predicted octanol–water partition coefficient (Wildman–Crippen LogP) is 5.04. The van der Waals surface area contributed by atoms with Crippen LogP contribution in [-0.2, 0) is 19.3 Å². The van der Waals surface area contributed by atoms with Gasteiger partial charge in [0.1, 0.15) is 0 Å². The summed E-state index contributed by atoms with van der Waals surface area (Å²) in [4.78, 5) is 0. The lowest BCUT2D eigenvalue weighted by atomic mass is 9.94. The molecular weight excluding hydrogens is 216 g/mol. The minimum atomic E-state index is 1.10. The van der Waals surface area contributed by atoms with Gasteiger partial charge in [-0.25, -0.2) is 0 Å². The number of benzene rings is 2. The highest BCUT2D eigenvalue weighted by Crippen LogP contribution is 2.26. The standard InChI is InChI=1S/C18H22/c1-4-14-7-10-17(11-8-14)18-12-9-15(5-2)13-16(18)6-3/h7-13H,4-6H2,1-3H3. The van der Waals surface area contributed by atoms with Crippen LogP contribution in [0.15, 0.2) is 42.5 Å². The highest BCUT2D eigenvalue weighted by atomic mass is 14.1. The summed E-state index contributed by atoms with van der Waals surface area (Å²) in [5.41, 5.74) is 7.02. The lowest BCUT2D eigenvalue weighted by Gasteiger charge is -2.10. The van der Waals surface area contributed by atoms with Gasteiger partial charge in [-0.05, 0) is 47.1 Å². The van der Waals surface area contributed by atoms with Crippen LogP contribution < -0.4 is 0 Å². The quantitative estimate of drug-likeness (QED) is 0.700. The van der Waals surface area contributed by atoms with Gasteiger partial charge in [0, 0.05) is 0 Å². The van der Waals surface area contributed by atoms with Gasteiger partial charge in [-0.2, -0.15) is 0 Å². The summed E-state index contributed by atoms with van der Waals surface area (Å²) in [6.07, 6.45) is 3.32. The third-order valence-electron chi connectivity index (χ3n) is 3.63. The molecule has 18 heavy (non-hydrogen) atoms. The first-order chi connectivity index (χ1) is 8.78. The highest BCUT2D eigenvalue weighted by molar-refractivity contribution is 5.68. The Balaban J connectivity index is 2.42. The van der Waals surface area contributed by atoms with Crippen molar-refractivity contribution in [1.82, 2.24) is 0 Å². The van der Waals surface area contributed by atoms with Crippen LogP contribution in [0.4, 0.5) is 0 Å². The maximum absolute atomic E-state index is 2.35. The Morgan fingerprint density at radius 1 is 0.667 bits per heavy atom. The SMILES string of the molecule is CCc1ccc(-c2ccc(CC)cc2CC)cc1. The van der Waals surface area contributed by atoms with Crippen LogP contribution in [0.1, 0.15) is 37.5 Å². The van der Waals surface area contributed by atoms with Crippen molar-refractivity contribution >= 4 is 0 Å². The minimum Gasteiger partial charge on any atom is -0.0613 e. The van der Waals surface area contributed by atoms with Crippen LogP contribution in [0.5, 0.6) is 0 Å². The van der Waals surface area contributed by atoms with Gasteiger partial charge in [0.2, 0.25) is 0 Å². The summed E-state index contributed by atoms with van der Waals surface area (Å²) >= 11 is 0. The molecule has 2 aromatic rings. The Morgan fingerprint density at radius 3 is 1.83 bits per heavy atom. The van der Waals surface area contributed by atoms with Crippen LogP contribution in [-0.4, -0.2) is 0 Å². The molecule has 0 heteroatoms. The molecule has 0 unspecified atom stereocenters. The first kappa shape index (κ1) is 12.9. The molecule has 0 N–H and O–H groups in total. The topological polar surface area (TPSA) is 0 Å². The summed E-state index contributed by atoms with van der Waals surface area (Å²) in [5, 5.41) is 0. The van der Waals surface area contributed by atoms with Gasteiger partial charge >= 0.3 is 0 Å². The zero-order valence-electron chi connectivity index (χ0n) is 11.7. The average molecular weight is 238 g/mol. The van der Waals surface area contributed by atoms with Crippen LogP contribution in [0.25, 0.3) is 11.1 Å². The molecule has 0 amide bonds. The second kappa shape index (κ2) is 5.86. The molecule has 0 aliphatic heterocycles. The maximum Gasteiger partial charge on any atom is -0.0152 e. The first-order valence-electron chi connectivity index (χ1n) is 6.99. The molecule has 0 saturated heterocycles. The highest BCUT2D eigenvalue weighted by Gasteiger charge is 2.04. The Morgan fingerprint density at radius 2 is 1.28 bits per heavy atom. The van der Waals surface area contributed by atoms with E-state index in [-0.39, 0.29) is 0 Å². The van der Waals surface area contributed by atoms with Crippen molar-refractivity contribution in [1.29, 1.82) is 0 Å². The Bertz CT molecular complexity index is 506. The molecule has 2 rings (SSSR count). The molecule has 0 bridgehead atoms. The molecule has 0 nitrogen and oxygen atoms in total. The lowest BCUT2D eigenvalue weighted by molar-refractivity contribution is 1.09. The minimum absolute atomic E-state index is 1.10. The fourth-order valence-corrected chi connectivity index (χ4v) is 2.36. The van der Waals surface area contributed by atoms with Crippen LogP contribution in [0.3, 0.4) is 0 Å². The molecule has 0 atom stereocenters. The molecule has 2 aromatic carbocycles. The van der Waals surface area contributed by atoms with E-state index in [9.17, 15) is 0 Å². The van der Waals surface area contributed by atoms with Crippen LogP contribution in [0, 0.1) is 0 Å². The molecule has 0 saturated carbocycles. The Kier molecular flexibility index (Phi) is 4.19. The van der Waals surface area contributed by atoms with E-state index >= 15 is 0 Å². The van der Waals surface area contributed by atoms with Gasteiger partial charge in [0.05, 0.1) is 0 Å². The second-order valence-corrected chi connectivity index (χ2v) is 4.75. The van der Waals surface area contributed by atoms with Crippen molar-refractivity contribution in [2.45, 2.75) is 40.0 Å². The molecule has 0 fully saturated rings. The summed E-state index contributed by atoms with van der Waals surface area (Å²) in [5.74, 6) is 0. The summed E-state index contributed by atoms with van der Waals surface area (Å²) in [6, 6.07) is 15.9. The van der Waals surface area contributed by atoms with E-state index in [4.69, 9.17) is 0 Å². The van der Waals surface area contributed by atoms with Crippen molar-refractivity contribution in [2.75, 3.05) is 0 Å². The van der Waals surface area contributed by atoms with Crippen molar-refractivity contribution in [2.24, 2.45) is 0 Å². The molecule has 94 valence electrons. The third-order valence-corrected chi connectivity index (χ3v) is 3.63. The largest absolute Gasteiger partial charge is 0.0613 e. The molecule has 0 aliphatic carbocycles. The third kappa shape index (κ3) is 2.64. The van der Waals surface area contributed by atoms with E-state index in [1.54, 1.807) is 0 Å². The fraction of sp³-hybridized carbons (Fsp3) is 0.333. The van der Waals surface area contributed by atoms with Gasteiger partial charge in [-0.3, -0.25) is 0 Å². The normalized spacial score (nSPS) is 10.6. The van der Waals surface area contributed by atoms with E-state index < -0.39 is 0 Å². The Labute approximate surface area is 111 Å². The zero-order chi connectivity index (χ0) is 13.0. The van der Waals surface area contributed by atoms with Crippen molar-refractivity contribution in [3.63, 3.8) is 0 Å². The molecular formula is C18H22. The van der Waals surface area contributed by atoms with Gasteiger partial charge in [0.25, 0.3) is 0 Å². The van der Waals surface area contributed by atoms with E-state index in [0.29, 0.717) is 0 Å². The molecule has 0 radical (unpaired) electrons. The molecule has 0 heterocycles. The number of hydrogen-bond acceptors (Lipinski definition) is 0. The first-order valence-corrected chi connectivity index (χ1v) is 6.99. The van der Waals surface area contributed by atoms with Crippen LogP contribution >= 0.6 is 0 Å². The van der Waals surface area contributed by atoms with E-state index in [1.165, 1.54) is 27.8 Å². The van der Waals surface area contributed by atoms with Crippen molar-refractivity contribution in [3.8, 4) is 11.1 Å². The Hall–Kier alpha value is -1.56. The summed E-state index contributed by atoms with van der Waals surface area (Å²) in [6.45, 7) is 6.64. The van der Waals surface area contributed by atoms with Gasteiger partial charge in [-0.15, -0.1) is 0 Å². The number of hydrogen-bond donors (Lipinski definition) is 0. The van der Waals surface area contributed by atoms with E-state index in [0.717, 1.165) is 19.3 Å². The number of rotatable bonds is 4. The smallest absolute Gasteiger partial charge is 0.0152 e. The maximum atomic E-state index is 2.35. The summed E-state index contributed by atoms with van der Waals surface area (Å²) < 4.78 is 0. The predicted molar refractivity (Wildman–Crippen MR) is 80.0 cm³/mol. The lowest BCUT2D eigenvalue weighted by Crippen LogP contribution is -1.91. The van der Waals surface area contributed by atoms with Crippen molar-refractivity contribution < 1.29 is 0 Å². The monoisotopic (exact) mass is 238 g/mol. The fourth-order valence-electron chi connectivity index (χ4n) is 2.36. The van der Waals surface area contributed by atoms with E-state index in [2.05, 4.69) is 63.2 Å². The molecule has 0 spiro atoms. The van der Waals surface area contributed by atoms with Gasteiger partial charge in [0.15, 0.2) is 0 Å². The van der Waals surface area contributed by atoms with Gasteiger partial charge in [-0.1, -0.05) is 63.2 Å².